The molecule has 0 saturated heterocycles. The van der Waals surface area contributed by atoms with Gasteiger partial charge in [0.15, 0.2) is 5.78 Å². The molecule has 0 spiro atoms. The standard InChI is InChI=1S/C22H26N2O2/c1-16(22(26)24(3)4)20(15-21(25)19-13-9-6-10-14-19)23-17(2)18-11-7-5-8-12-18/h5-17,23H,1-4H3/b20-15+/t16-,17+/m0/s1. The molecule has 1 amide bonds. The van der Waals surface area contributed by atoms with Crippen LogP contribution in [-0.2, 0) is 4.79 Å². The average molecular weight is 350 g/mol. The summed E-state index contributed by atoms with van der Waals surface area (Å²) in [4.78, 5) is 26.6. The molecule has 4 heteroatoms. The third-order valence-electron chi connectivity index (χ3n) is 4.31. The third kappa shape index (κ3) is 5.06. The highest BCUT2D eigenvalue weighted by atomic mass is 16.2. The zero-order valence-electron chi connectivity index (χ0n) is 15.8. The maximum absolute atomic E-state index is 12.6. The van der Waals surface area contributed by atoms with Crippen molar-refractivity contribution in [1.82, 2.24) is 10.2 Å². The Morgan fingerprint density at radius 3 is 2.00 bits per heavy atom. The fraction of sp³-hybridized carbons (Fsp3) is 0.273. The van der Waals surface area contributed by atoms with Gasteiger partial charge in [-0.15, -0.1) is 0 Å². The Bertz CT molecular complexity index is 767. The quantitative estimate of drug-likeness (QED) is 0.610. The summed E-state index contributed by atoms with van der Waals surface area (Å²) in [7, 11) is 3.44. The minimum absolute atomic E-state index is 0.0246. The molecule has 0 aliphatic heterocycles. The Morgan fingerprint density at radius 2 is 1.46 bits per heavy atom. The normalized spacial score (nSPS) is 13.6. The number of allylic oxidation sites excluding steroid dienone is 1. The van der Waals surface area contributed by atoms with E-state index in [1.54, 1.807) is 37.2 Å². The zero-order chi connectivity index (χ0) is 19.1. The Hall–Kier alpha value is -2.88. The summed E-state index contributed by atoms with van der Waals surface area (Å²) in [5, 5.41) is 3.36. The van der Waals surface area contributed by atoms with Gasteiger partial charge in [-0.05, 0) is 19.4 Å². The summed E-state index contributed by atoms with van der Waals surface area (Å²) >= 11 is 0. The molecule has 1 N–H and O–H groups in total. The Morgan fingerprint density at radius 1 is 0.923 bits per heavy atom. The Kier molecular flexibility index (Phi) is 6.73. The van der Waals surface area contributed by atoms with E-state index in [0.717, 1.165) is 5.56 Å². The van der Waals surface area contributed by atoms with Gasteiger partial charge in [0, 0.05) is 37.5 Å². The fourth-order valence-electron chi connectivity index (χ4n) is 2.71. The second-order valence-electron chi connectivity index (χ2n) is 6.56. The SMILES string of the molecule is C[C@H](C(=O)N(C)C)/C(=C\C(=O)c1ccccc1)N[C@H](C)c1ccccc1. The van der Waals surface area contributed by atoms with Gasteiger partial charge in [0.1, 0.15) is 0 Å². The second kappa shape index (κ2) is 8.99. The maximum Gasteiger partial charge on any atom is 0.230 e. The van der Waals surface area contributed by atoms with Crippen molar-refractivity contribution in [2.45, 2.75) is 19.9 Å². The molecule has 0 aliphatic carbocycles. The fourth-order valence-corrected chi connectivity index (χ4v) is 2.71. The van der Waals surface area contributed by atoms with E-state index in [2.05, 4.69) is 5.32 Å². The molecule has 0 aromatic heterocycles. The van der Waals surface area contributed by atoms with Crippen LogP contribution in [0.4, 0.5) is 0 Å². The van der Waals surface area contributed by atoms with Gasteiger partial charge in [0.05, 0.1) is 5.92 Å². The molecule has 0 fully saturated rings. The van der Waals surface area contributed by atoms with Crippen LogP contribution in [0.3, 0.4) is 0 Å². The number of ketones is 1. The van der Waals surface area contributed by atoms with Crippen molar-refractivity contribution in [3.05, 3.63) is 83.6 Å². The lowest BCUT2D eigenvalue weighted by Crippen LogP contribution is -2.34. The maximum atomic E-state index is 12.6. The predicted octanol–water partition coefficient (Wildman–Crippen LogP) is 3.83. The molecular weight excluding hydrogens is 324 g/mol. The van der Waals surface area contributed by atoms with Crippen LogP contribution in [0.15, 0.2) is 72.4 Å². The summed E-state index contributed by atoms with van der Waals surface area (Å²) in [6.07, 6.45) is 1.54. The van der Waals surface area contributed by atoms with E-state index in [1.165, 1.54) is 0 Å². The lowest BCUT2D eigenvalue weighted by molar-refractivity contribution is -0.131. The van der Waals surface area contributed by atoms with Gasteiger partial charge < -0.3 is 10.2 Å². The van der Waals surface area contributed by atoms with E-state index in [0.29, 0.717) is 11.3 Å². The van der Waals surface area contributed by atoms with Crippen molar-refractivity contribution in [3.8, 4) is 0 Å². The van der Waals surface area contributed by atoms with Gasteiger partial charge in [-0.25, -0.2) is 0 Å². The number of nitrogens with one attached hydrogen (secondary N) is 1. The van der Waals surface area contributed by atoms with Crippen LogP contribution in [0.25, 0.3) is 0 Å². The topological polar surface area (TPSA) is 49.4 Å². The highest BCUT2D eigenvalue weighted by molar-refractivity contribution is 6.05. The van der Waals surface area contributed by atoms with E-state index < -0.39 is 5.92 Å². The molecule has 0 bridgehead atoms. The van der Waals surface area contributed by atoms with Crippen LogP contribution in [0.5, 0.6) is 0 Å². The monoisotopic (exact) mass is 350 g/mol. The molecule has 0 aliphatic rings. The van der Waals surface area contributed by atoms with Gasteiger partial charge in [0.25, 0.3) is 0 Å². The number of hydrogen-bond acceptors (Lipinski definition) is 3. The molecule has 2 atom stereocenters. The summed E-state index contributed by atoms with van der Waals surface area (Å²) in [5.41, 5.74) is 2.31. The van der Waals surface area contributed by atoms with E-state index in [1.807, 2.05) is 62.4 Å². The number of amides is 1. The second-order valence-corrected chi connectivity index (χ2v) is 6.56. The number of carbonyl (C=O) groups excluding carboxylic acids is 2. The Labute approximate surface area is 155 Å². The van der Waals surface area contributed by atoms with Crippen molar-refractivity contribution in [1.29, 1.82) is 0 Å². The van der Waals surface area contributed by atoms with Gasteiger partial charge in [0.2, 0.25) is 5.91 Å². The van der Waals surface area contributed by atoms with Crippen LogP contribution >= 0.6 is 0 Å². The summed E-state index contributed by atoms with van der Waals surface area (Å²) in [6.45, 7) is 3.83. The smallest absolute Gasteiger partial charge is 0.230 e. The molecule has 0 unspecified atom stereocenters. The number of carbonyl (C=O) groups is 2. The van der Waals surface area contributed by atoms with Gasteiger partial charge in [-0.3, -0.25) is 9.59 Å². The van der Waals surface area contributed by atoms with Crippen LogP contribution < -0.4 is 5.32 Å². The molecule has 136 valence electrons. The number of rotatable bonds is 7. The molecular formula is C22H26N2O2. The molecule has 26 heavy (non-hydrogen) atoms. The minimum Gasteiger partial charge on any atom is -0.381 e. The van der Waals surface area contributed by atoms with Crippen molar-refractivity contribution < 1.29 is 9.59 Å². The van der Waals surface area contributed by atoms with Crippen molar-refractivity contribution in [3.63, 3.8) is 0 Å². The molecule has 0 radical (unpaired) electrons. The first-order chi connectivity index (χ1) is 12.4. The first-order valence-electron chi connectivity index (χ1n) is 8.73. The average Bonchev–Trinajstić information content (AvgIpc) is 2.67. The van der Waals surface area contributed by atoms with Gasteiger partial charge >= 0.3 is 0 Å². The van der Waals surface area contributed by atoms with Crippen molar-refractivity contribution in [2.75, 3.05) is 14.1 Å². The minimum atomic E-state index is -0.441. The third-order valence-corrected chi connectivity index (χ3v) is 4.31. The molecule has 4 nitrogen and oxygen atoms in total. The lowest BCUT2D eigenvalue weighted by Gasteiger charge is -2.24. The molecule has 0 saturated carbocycles. The van der Waals surface area contributed by atoms with Crippen LogP contribution in [0.2, 0.25) is 0 Å². The summed E-state index contributed by atoms with van der Waals surface area (Å²) in [5.74, 6) is -0.611. The van der Waals surface area contributed by atoms with E-state index >= 15 is 0 Å². The van der Waals surface area contributed by atoms with Crippen molar-refractivity contribution >= 4 is 11.7 Å². The highest BCUT2D eigenvalue weighted by Crippen LogP contribution is 2.19. The van der Waals surface area contributed by atoms with Crippen LogP contribution in [0, 0.1) is 5.92 Å². The predicted molar refractivity (Wildman–Crippen MR) is 105 cm³/mol. The Balaban J connectivity index is 2.31. The number of hydrogen-bond donors (Lipinski definition) is 1. The first kappa shape index (κ1) is 19.4. The number of nitrogens with zero attached hydrogens (tertiary/aromatic N) is 1. The van der Waals surface area contributed by atoms with E-state index in [9.17, 15) is 9.59 Å². The van der Waals surface area contributed by atoms with Crippen LogP contribution in [-0.4, -0.2) is 30.7 Å². The van der Waals surface area contributed by atoms with Gasteiger partial charge in [-0.2, -0.15) is 0 Å². The van der Waals surface area contributed by atoms with E-state index in [-0.39, 0.29) is 17.7 Å². The van der Waals surface area contributed by atoms with E-state index in [4.69, 9.17) is 0 Å². The lowest BCUT2D eigenvalue weighted by atomic mass is 10.0. The highest BCUT2D eigenvalue weighted by Gasteiger charge is 2.22. The first-order valence-corrected chi connectivity index (χ1v) is 8.73. The van der Waals surface area contributed by atoms with Crippen molar-refractivity contribution in [2.24, 2.45) is 5.92 Å². The summed E-state index contributed by atoms with van der Waals surface area (Å²) in [6, 6.07) is 19.0. The molecule has 2 aromatic rings. The van der Waals surface area contributed by atoms with Gasteiger partial charge in [-0.1, -0.05) is 60.7 Å². The number of benzene rings is 2. The molecule has 2 rings (SSSR count). The zero-order valence-corrected chi connectivity index (χ0v) is 15.8. The van der Waals surface area contributed by atoms with Crippen LogP contribution in [0.1, 0.15) is 35.8 Å². The largest absolute Gasteiger partial charge is 0.381 e. The molecule has 2 aromatic carbocycles. The molecule has 0 heterocycles. The summed E-state index contributed by atoms with van der Waals surface area (Å²) < 4.78 is 0.